The first kappa shape index (κ1) is 11.2. The van der Waals surface area contributed by atoms with Crippen molar-refractivity contribution in [2.45, 2.75) is 13.3 Å². The van der Waals surface area contributed by atoms with Crippen molar-refractivity contribution >= 4 is 5.82 Å². The molecule has 4 nitrogen and oxygen atoms in total. The van der Waals surface area contributed by atoms with Gasteiger partial charge in [-0.2, -0.15) is 10.4 Å². The van der Waals surface area contributed by atoms with Gasteiger partial charge >= 0.3 is 0 Å². The average molecular weight is 202 g/mol. The van der Waals surface area contributed by atoms with Gasteiger partial charge in [-0.15, -0.1) is 11.7 Å². The van der Waals surface area contributed by atoms with E-state index in [1.807, 2.05) is 4.90 Å². The van der Waals surface area contributed by atoms with Gasteiger partial charge in [-0.1, -0.05) is 13.0 Å². The Morgan fingerprint density at radius 1 is 1.67 bits per heavy atom. The van der Waals surface area contributed by atoms with Crippen molar-refractivity contribution in [2.75, 3.05) is 18.0 Å². The summed E-state index contributed by atoms with van der Waals surface area (Å²) in [5.41, 5.74) is 0.556. The predicted molar refractivity (Wildman–Crippen MR) is 59.4 cm³/mol. The number of nitrogens with zero attached hydrogens (tertiary/aromatic N) is 4. The smallest absolute Gasteiger partial charge is 0.169 e. The van der Waals surface area contributed by atoms with Crippen LogP contribution in [0, 0.1) is 11.3 Å². The third kappa shape index (κ3) is 2.78. The van der Waals surface area contributed by atoms with Crippen LogP contribution in [0.3, 0.4) is 0 Å². The average Bonchev–Trinajstić information content (AvgIpc) is 2.29. The van der Waals surface area contributed by atoms with E-state index in [1.54, 1.807) is 12.1 Å². The highest BCUT2D eigenvalue weighted by molar-refractivity contribution is 5.52. The predicted octanol–water partition coefficient (Wildman–Crippen LogP) is 1.75. The number of anilines is 1. The van der Waals surface area contributed by atoms with Crippen LogP contribution in [-0.2, 0) is 0 Å². The number of hydrogen-bond donors (Lipinski definition) is 0. The van der Waals surface area contributed by atoms with Crippen LogP contribution in [0.1, 0.15) is 18.9 Å². The van der Waals surface area contributed by atoms with Crippen LogP contribution < -0.4 is 4.90 Å². The second-order valence-electron chi connectivity index (χ2n) is 3.11. The number of aromatic nitrogens is 2. The molecule has 0 spiro atoms. The highest BCUT2D eigenvalue weighted by Crippen LogP contribution is 2.15. The Balaban J connectivity index is 2.99. The Bertz CT molecular complexity index is 367. The highest BCUT2D eigenvalue weighted by atomic mass is 15.3. The van der Waals surface area contributed by atoms with Crippen molar-refractivity contribution < 1.29 is 0 Å². The third-order valence-corrected chi connectivity index (χ3v) is 1.96. The molecule has 0 aliphatic carbocycles. The normalized spacial score (nSPS) is 9.33. The molecule has 0 N–H and O–H groups in total. The Hall–Kier alpha value is -1.89. The van der Waals surface area contributed by atoms with Crippen molar-refractivity contribution in [2.24, 2.45) is 0 Å². The quantitative estimate of drug-likeness (QED) is 0.682. The topological polar surface area (TPSA) is 52.8 Å². The summed E-state index contributed by atoms with van der Waals surface area (Å²) in [6.07, 6.45) is 4.32. The molecule has 0 aliphatic heterocycles. The number of hydrogen-bond acceptors (Lipinski definition) is 4. The Kier molecular flexibility index (Phi) is 4.30. The Morgan fingerprint density at radius 3 is 3.07 bits per heavy atom. The molecule has 0 atom stereocenters. The molecule has 78 valence electrons. The lowest BCUT2D eigenvalue weighted by Gasteiger charge is -2.21. The second-order valence-corrected chi connectivity index (χ2v) is 3.11. The van der Waals surface area contributed by atoms with Crippen LogP contribution in [0.5, 0.6) is 0 Å². The molecule has 0 radical (unpaired) electrons. The zero-order valence-electron chi connectivity index (χ0n) is 8.85. The molecule has 0 aliphatic rings. The van der Waals surface area contributed by atoms with Crippen molar-refractivity contribution in [1.29, 1.82) is 5.26 Å². The number of rotatable bonds is 5. The van der Waals surface area contributed by atoms with Crippen molar-refractivity contribution in [3.63, 3.8) is 0 Å². The Morgan fingerprint density at radius 2 is 2.47 bits per heavy atom. The van der Waals surface area contributed by atoms with Gasteiger partial charge in [-0.05, 0) is 12.5 Å². The van der Waals surface area contributed by atoms with Crippen LogP contribution in [0.4, 0.5) is 5.82 Å². The molecule has 0 unspecified atom stereocenters. The largest absolute Gasteiger partial charge is 0.350 e. The van der Waals surface area contributed by atoms with E-state index in [2.05, 4.69) is 29.8 Å². The van der Waals surface area contributed by atoms with E-state index in [9.17, 15) is 0 Å². The summed E-state index contributed by atoms with van der Waals surface area (Å²) in [5, 5.41) is 16.7. The molecule has 0 amide bonds. The van der Waals surface area contributed by atoms with E-state index < -0.39 is 0 Å². The summed E-state index contributed by atoms with van der Waals surface area (Å²) >= 11 is 0. The summed E-state index contributed by atoms with van der Waals surface area (Å²) in [6.45, 7) is 7.30. The molecule has 0 saturated heterocycles. The lowest BCUT2D eigenvalue weighted by atomic mass is 10.2. The van der Waals surface area contributed by atoms with Crippen LogP contribution in [0.25, 0.3) is 0 Å². The zero-order valence-corrected chi connectivity index (χ0v) is 8.85. The van der Waals surface area contributed by atoms with Crippen LogP contribution >= 0.6 is 0 Å². The van der Waals surface area contributed by atoms with Crippen molar-refractivity contribution in [1.82, 2.24) is 10.2 Å². The van der Waals surface area contributed by atoms with Crippen molar-refractivity contribution in [3.8, 4) is 6.07 Å². The number of nitriles is 1. The molecule has 0 bridgehead atoms. The van der Waals surface area contributed by atoms with Gasteiger partial charge in [0.1, 0.15) is 6.07 Å². The minimum absolute atomic E-state index is 0.556. The molecule has 4 heteroatoms. The van der Waals surface area contributed by atoms with Crippen molar-refractivity contribution in [3.05, 3.63) is 30.5 Å². The summed E-state index contributed by atoms with van der Waals surface area (Å²) < 4.78 is 0. The van der Waals surface area contributed by atoms with Crippen LogP contribution in [-0.4, -0.2) is 23.3 Å². The molecular formula is C11H14N4. The first-order valence-corrected chi connectivity index (χ1v) is 4.91. The molecule has 1 aromatic rings. The van der Waals surface area contributed by atoms with E-state index in [0.29, 0.717) is 17.9 Å². The molecule has 1 rings (SSSR count). The molecule has 1 aromatic heterocycles. The molecule has 0 fully saturated rings. The highest BCUT2D eigenvalue weighted by Gasteiger charge is 2.10. The summed E-state index contributed by atoms with van der Waals surface area (Å²) in [4.78, 5) is 2.00. The molecule has 0 saturated carbocycles. The van der Waals surface area contributed by atoms with E-state index in [1.165, 1.54) is 6.20 Å². The summed E-state index contributed by atoms with van der Waals surface area (Å²) in [7, 11) is 0. The zero-order chi connectivity index (χ0) is 11.1. The van der Waals surface area contributed by atoms with Gasteiger partial charge in [0, 0.05) is 13.1 Å². The summed E-state index contributed by atoms with van der Waals surface area (Å²) in [5.74, 6) is 0.641. The maximum atomic E-state index is 8.93. The molecule has 1 heterocycles. The van der Waals surface area contributed by atoms with Gasteiger partial charge in [0.25, 0.3) is 0 Å². The first-order valence-electron chi connectivity index (χ1n) is 4.91. The lowest BCUT2D eigenvalue weighted by Crippen LogP contribution is -2.26. The van der Waals surface area contributed by atoms with Gasteiger partial charge in [-0.25, -0.2) is 0 Å². The fourth-order valence-corrected chi connectivity index (χ4v) is 1.35. The van der Waals surface area contributed by atoms with Gasteiger partial charge in [0.05, 0.1) is 11.8 Å². The summed E-state index contributed by atoms with van der Waals surface area (Å²) in [6, 6.07) is 3.79. The van der Waals surface area contributed by atoms with E-state index in [4.69, 9.17) is 5.26 Å². The maximum Gasteiger partial charge on any atom is 0.169 e. The Labute approximate surface area is 89.9 Å². The first-order chi connectivity index (χ1) is 7.33. The fourth-order valence-electron chi connectivity index (χ4n) is 1.35. The van der Waals surface area contributed by atoms with Gasteiger partial charge in [0.15, 0.2) is 5.82 Å². The van der Waals surface area contributed by atoms with Crippen LogP contribution in [0.15, 0.2) is 24.9 Å². The SMILES string of the molecule is C=CCN(CCC)c1nnccc1C#N. The lowest BCUT2D eigenvalue weighted by molar-refractivity contribution is 0.787. The standard InChI is InChI=1S/C11H14N4/c1-3-7-15(8-4-2)11-10(9-12)5-6-13-14-11/h3,5-6H,1,4,7-8H2,2H3. The second kappa shape index (κ2) is 5.76. The monoisotopic (exact) mass is 202 g/mol. The minimum atomic E-state index is 0.556. The van der Waals surface area contributed by atoms with Gasteiger partial charge < -0.3 is 4.90 Å². The molecule has 15 heavy (non-hydrogen) atoms. The maximum absolute atomic E-state index is 8.93. The third-order valence-electron chi connectivity index (χ3n) is 1.96. The molecular weight excluding hydrogens is 188 g/mol. The van der Waals surface area contributed by atoms with E-state index in [-0.39, 0.29) is 0 Å². The van der Waals surface area contributed by atoms with Crippen LogP contribution in [0.2, 0.25) is 0 Å². The van der Waals surface area contributed by atoms with E-state index in [0.717, 1.165) is 13.0 Å². The van der Waals surface area contributed by atoms with Gasteiger partial charge in [-0.3, -0.25) is 0 Å². The fraction of sp³-hybridized carbons (Fsp3) is 0.364. The van der Waals surface area contributed by atoms with E-state index >= 15 is 0 Å². The molecule has 0 aromatic carbocycles. The van der Waals surface area contributed by atoms with Gasteiger partial charge in [0.2, 0.25) is 0 Å². The minimum Gasteiger partial charge on any atom is -0.350 e.